The number of anilines is 1. The molecule has 3 aromatic rings. The van der Waals surface area contributed by atoms with Crippen molar-refractivity contribution in [3.63, 3.8) is 0 Å². The van der Waals surface area contributed by atoms with Gasteiger partial charge < -0.3 is 29.1 Å². The molecule has 0 aliphatic carbocycles. The van der Waals surface area contributed by atoms with Crippen LogP contribution in [0.15, 0.2) is 66.7 Å². The van der Waals surface area contributed by atoms with E-state index in [0.717, 1.165) is 48.5 Å². The summed E-state index contributed by atoms with van der Waals surface area (Å²) in [5.41, 5.74) is 2.98. The SMILES string of the molecule is C[C@]1(c2ccc(Cl)cc2Cl)OC[C@@H](COc2ccc(N3CCN(C(=O)CCCc4ccc(O)cc4)CC3)cc2)O1. The molecule has 1 amide bonds. The van der Waals surface area contributed by atoms with Crippen molar-refractivity contribution in [1.29, 1.82) is 0 Å². The van der Waals surface area contributed by atoms with E-state index in [9.17, 15) is 9.90 Å². The van der Waals surface area contributed by atoms with Crippen LogP contribution in [0.3, 0.4) is 0 Å². The monoisotopic (exact) mass is 584 g/mol. The number of piperazine rings is 1. The van der Waals surface area contributed by atoms with E-state index >= 15 is 0 Å². The maximum absolute atomic E-state index is 12.7. The first-order valence-corrected chi connectivity index (χ1v) is 14.4. The molecular weight excluding hydrogens is 551 g/mol. The lowest BCUT2D eigenvalue weighted by Crippen LogP contribution is -2.48. The second-order valence-electron chi connectivity index (χ2n) is 10.3. The molecule has 5 rings (SSSR count). The highest BCUT2D eigenvalue weighted by Gasteiger charge is 2.40. The predicted octanol–water partition coefficient (Wildman–Crippen LogP) is 6.04. The zero-order valence-electron chi connectivity index (χ0n) is 22.5. The number of nitrogens with zero attached hydrogens (tertiary/aromatic N) is 2. The van der Waals surface area contributed by atoms with Crippen molar-refractivity contribution in [2.24, 2.45) is 0 Å². The van der Waals surface area contributed by atoms with Gasteiger partial charge in [-0.1, -0.05) is 41.4 Å². The lowest BCUT2D eigenvalue weighted by atomic mass is 10.1. The molecule has 2 atom stereocenters. The number of carbonyl (C=O) groups is 1. The van der Waals surface area contributed by atoms with Crippen LogP contribution in [-0.2, 0) is 26.5 Å². The first-order valence-electron chi connectivity index (χ1n) is 13.6. The summed E-state index contributed by atoms with van der Waals surface area (Å²) in [4.78, 5) is 16.9. The molecular formula is C31H34Cl2N2O5. The number of aromatic hydroxyl groups is 1. The Balaban J connectivity index is 1.04. The summed E-state index contributed by atoms with van der Waals surface area (Å²) >= 11 is 12.4. The second-order valence-corrected chi connectivity index (χ2v) is 11.2. The number of benzene rings is 3. The highest BCUT2D eigenvalue weighted by molar-refractivity contribution is 6.35. The third kappa shape index (κ3) is 7.02. The lowest BCUT2D eigenvalue weighted by molar-refractivity contribution is -0.164. The Morgan fingerprint density at radius 2 is 1.75 bits per heavy atom. The Morgan fingerprint density at radius 3 is 2.45 bits per heavy atom. The largest absolute Gasteiger partial charge is 0.508 e. The average molecular weight is 586 g/mol. The summed E-state index contributed by atoms with van der Waals surface area (Å²) in [6, 6.07) is 20.5. The standard InChI is InChI=1S/C31H34Cl2N2O5/c1-31(28-14-7-23(32)19-29(28)33)39-21-27(40-31)20-38-26-12-8-24(9-13-26)34-15-17-35(18-16-34)30(37)4-2-3-22-5-10-25(36)11-6-22/h5-14,19,27,36H,2-4,15-18,20-21H2,1H3/t27-,31+/m1/s1. The third-order valence-electron chi connectivity index (χ3n) is 7.42. The van der Waals surface area contributed by atoms with E-state index in [0.29, 0.717) is 42.8 Å². The molecule has 2 fully saturated rings. The first kappa shape index (κ1) is 28.6. The lowest BCUT2D eigenvalue weighted by Gasteiger charge is -2.36. The summed E-state index contributed by atoms with van der Waals surface area (Å²) in [6.45, 7) is 5.62. The Bertz CT molecular complexity index is 1300. The van der Waals surface area contributed by atoms with E-state index in [2.05, 4.69) is 4.90 Å². The Morgan fingerprint density at radius 1 is 1.02 bits per heavy atom. The summed E-state index contributed by atoms with van der Waals surface area (Å²) < 4.78 is 18.1. The summed E-state index contributed by atoms with van der Waals surface area (Å²) in [5, 5.41) is 10.5. The molecule has 2 aliphatic rings. The van der Waals surface area contributed by atoms with Crippen LogP contribution in [0.4, 0.5) is 5.69 Å². The number of hydrogen-bond acceptors (Lipinski definition) is 6. The van der Waals surface area contributed by atoms with E-state index < -0.39 is 5.79 Å². The van der Waals surface area contributed by atoms with Crippen molar-refractivity contribution in [3.05, 3.63) is 87.9 Å². The molecule has 0 aromatic heterocycles. The van der Waals surface area contributed by atoms with Gasteiger partial charge in [0.15, 0.2) is 5.79 Å². The minimum absolute atomic E-state index is 0.203. The molecule has 0 saturated carbocycles. The molecule has 9 heteroatoms. The molecule has 0 unspecified atom stereocenters. The number of aryl methyl sites for hydroxylation is 1. The molecule has 0 spiro atoms. The fraction of sp³-hybridized carbons (Fsp3) is 0.387. The molecule has 0 radical (unpaired) electrons. The highest BCUT2D eigenvalue weighted by atomic mass is 35.5. The Labute approximate surface area is 245 Å². The highest BCUT2D eigenvalue weighted by Crippen LogP contribution is 2.38. The molecule has 2 aliphatic heterocycles. The number of phenols is 1. The number of ether oxygens (including phenoxy) is 3. The average Bonchev–Trinajstić information content (AvgIpc) is 3.34. The number of rotatable bonds is 9. The van der Waals surface area contributed by atoms with Crippen LogP contribution in [-0.4, -0.2) is 61.4 Å². The van der Waals surface area contributed by atoms with Crippen LogP contribution >= 0.6 is 23.2 Å². The number of phenolic OH excluding ortho intramolecular Hbond substituents is 1. The fourth-order valence-electron chi connectivity index (χ4n) is 5.14. The topological polar surface area (TPSA) is 71.5 Å². The van der Waals surface area contributed by atoms with Gasteiger partial charge in [0.05, 0.1) is 11.6 Å². The van der Waals surface area contributed by atoms with Gasteiger partial charge in [0.1, 0.15) is 24.2 Å². The second kappa shape index (κ2) is 12.7. The molecule has 3 aromatic carbocycles. The van der Waals surface area contributed by atoms with Gasteiger partial charge in [-0.05, 0) is 73.9 Å². The summed E-state index contributed by atoms with van der Waals surface area (Å²) in [5.74, 6) is 0.274. The van der Waals surface area contributed by atoms with Crippen molar-refractivity contribution in [2.75, 3.05) is 44.3 Å². The Hall–Kier alpha value is -2.97. The zero-order valence-corrected chi connectivity index (χ0v) is 24.0. The smallest absolute Gasteiger partial charge is 0.222 e. The van der Waals surface area contributed by atoms with Crippen LogP contribution in [0.1, 0.15) is 30.9 Å². The van der Waals surface area contributed by atoms with E-state index in [1.807, 2.05) is 54.3 Å². The number of halogens is 2. The van der Waals surface area contributed by atoms with Crippen molar-refractivity contribution >= 4 is 34.8 Å². The Kier molecular flexibility index (Phi) is 9.06. The maximum atomic E-state index is 12.7. The van der Waals surface area contributed by atoms with Crippen LogP contribution in [0.25, 0.3) is 0 Å². The van der Waals surface area contributed by atoms with Crippen LogP contribution < -0.4 is 9.64 Å². The normalized spacial score (nSPS) is 21.0. The van der Waals surface area contributed by atoms with Gasteiger partial charge in [-0.25, -0.2) is 0 Å². The minimum Gasteiger partial charge on any atom is -0.508 e. The van der Waals surface area contributed by atoms with Gasteiger partial charge in [0.2, 0.25) is 5.91 Å². The molecule has 7 nitrogen and oxygen atoms in total. The quantitative estimate of drug-likeness (QED) is 0.331. The molecule has 2 heterocycles. The predicted molar refractivity (Wildman–Crippen MR) is 156 cm³/mol. The van der Waals surface area contributed by atoms with Crippen LogP contribution in [0.5, 0.6) is 11.5 Å². The van der Waals surface area contributed by atoms with Crippen molar-refractivity contribution < 1.29 is 24.1 Å². The van der Waals surface area contributed by atoms with E-state index in [4.69, 9.17) is 37.4 Å². The summed E-state index contributed by atoms with van der Waals surface area (Å²) in [6.07, 6.45) is 1.94. The molecule has 0 bridgehead atoms. The van der Waals surface area contributed by atoms with Crippen molar-refractivity contribution in [3.8, 4) is 11.5 Å². The molecule has 2 saturated heterocycles. The number of amides is 1. The van der Waals surface area contributed by atoms with Gasteiger partial charge in [-0.15, -0.1) is 0 Å². The first-order chi connectivity index (χ1) is 19.3. The van der Waals surface area contributed by atoms with Gasteiger partial charge >= 0.3 is 0 Å². The van der Waals surface area contributed by atoms with E-state index in [1.165, 1.54) is 0 Å². The van der Waals surface area contributed by atoms with Crippen LogP contribution in [0, 0.1) is 0 Å². The number of hydrogen-bond donors (Lipinski definition) is 1. The van der Waals surface area contributed by atoms with Gasteiger partial charge in [-0.3, -0.25) is 4.79 Å². The molecule has 212 valence electrons. The van der Waals surface area contributed by atoms with Gasteiger partial charge in [0, 0.05) is 48.9 Å². The fourth-order valence-corrected chi connectivity index (χ4v) is 5.72. The van der Waals surface area contributed by atoms with Gasteiger partial charge in [0.25, 0.3) is 0 Å². The van der Waals surface area contributed by atoms with Gasteiger partial charge in [-0.2, -0.15) is 0 Å². The molecule has 40 heavy (non-hydrogen) atoms. The molecule has 1 N–H and O–H groups in total. The number of carbonyl (C=O) groups excluding carboxylic acids is 1. The zero-order chi connectivity index (χ0) is 28.1. The van der Waals surface area contributed by atoms with E-state index in [-0.39, 0.29) is 17.8 Å². The van der Waals surface area contributed by atoms with Crippen molar-refractivity contribution in [1.82, 2.24) is 4.90 Å². The summed E-state index contributed by atoms with van der Waals surface area (Å²) in [7, 11) is 0. The van der Waals surface area contributed by atoms with Crippen molar-refractivity contribution in [2.45, 2.75) is 38.1 Å². The maximum Gasteiger partial charge on any atom is 0.222 e. The minimum atomic E-state index is -0.949. The van der Waals surface area contributed by atoms with E-state index in [1.54, 1.807) is 24.3 Å². The van der Waals surface area contributed by atoms with Crippen LogP contribution in [0.2, 0.25) is 10.0 Å². The third-order valence-corrected chi connectivity index (χ3v) is 7.97.